The van der Waals surface area contributed by atoms with Crippen molar-refractivity contribution in [2.24, 2.45) is 0 Å². The topological polar surface area (TPSA) is 0 Å². The third-order valence-corrected chi connectivity index (χ3v) is 5.61. The first kappa shape index (κ1) is 15.4. The van der Waals surface area contributed by atoms with Crippen LogP contribution in [0.1, 0.15) is 44.5 Å². The smallest absolute Gasteiger partial charge is 0.0221 e. The van der Waals surface area contributed by atoms with E-state index in [0.717, 1.165) is 25.7 Å². The van der Waals surface area contributed by atoms with Crippen LogP contribution in [-0.2, 0) is 25.7 Å². The van der Waals surface area contributed by atoms with Crippen molar-refractivity contribution in [1.82, 2.24) is 0 Å². The first-order valence-corrected chi connectivity index (χ1v) is 9.53. The summed E-state index contributed by atoms with van der Waals surface area (Å²) in [5.41, 5.74) is 11.0. The number of hydrogen-bond acceptors (Lipinski definition) is 0. The van der Waals surface area contributed by atoms with E-state index in [-0.39, 0.29) is 0 Å². The van der Waals surface area contributed by atoms with Gasteiger partial charge in [-0.2, -0.15) is 0 Å². The molecule has 0 fully saturated rings. The maximum atomic E-state index is 2.39. The van der Waals surface area contributed by atoms with Crippen LogP contribution in [-0.4, -0.2) is 0 Å². The zero-order valence-electron chi connectivity index (χ0n) is 14.9. The number of fused-ring (bicyclic) bond motifs is 2. The van der Waals surface area contributed by atoms with Crippen LogP contribution >= 0.6 is 0 Å². The molecule has 8 bridgehead atoms. The molecule has 26 heavy (non-hydrogen) atoms. The van der Waals surface area contributed by atoms with Gasteiger partial charge in [0.25, 0.3) is 0 Å². The van der Waals surface area contributed by atoms with Crippen LogP contribution in [0.15, 0.2) is 60.7 Å². The van der Waals surface area contributed by atoms with Gasteiger partial charge in [0.15, 0.2) is 0 Å². The molecule has 0 nitrogen and oxygen atoms in total. The fourth-order valence-electron chi connectivity index (χ4n) is 4.06. The predicted octanol–water partition coefficient (Wildman–Crippen LogP) is 6.22. The average Bonchev–Trinajstić information content (AvgIpc) is 2.67. The molecule has 0 aromatic heterocycles. The van der Waals surface area contributed by atoms with Gasteiger partial charge < -0.3 is 0 Å². The summed E-state index contributed by atoms with van der Waals surface area (Å²) in [5.74, 6) is 0. The van der Waals surface area contributed by atoms with E-state index in [9.17, 15) is 0 Å². The minimum atomic E-state index is 1.08. The largest absolute Gasteiger partial charge is 0.0611 e. The number of benzene rings is 3. The Labute approximate surface area is 155 Å². The molecule has 0 heteroatoms. The van der Waals surface area contributed by atoms with Crippen LogP contribution in [0.2, 0.25) is 0 Å². The normalized spacial score (nSPS) is 16.0. The molecule has 0 heterocycles. The lowest BCUT2D eigenvalue weighted by molar-refractivity contribution is 0.917. The van der Waals surface area contributed by atoms with E-state index in [2.05, 4.69) is 85.0 Å². The predicted molar refractivity (Wildman–Crippen MR) is 112 cm³/mol. The lowest BCUT2D eigenvalue weighted by atomic mass is 9.91. The van der Waals surface area contributed by atoms with Gasteiger partial charge >= 0.3 is 0 Å². The summed E-state index contributed by atoms with van der Waals surface area (Å²) in [6.07, 6.45) is 13.5. The molecule has 0 spiro atoms. The fraction of sp³-hybridized carbons (Fsp3) is 0.154. The quantitative estimate of drug-likeness (QED) is 0.457. The highest BCUT2D eigenvalue weighted by Gasteiger charge is 2.09. The summed E-state index contributed by atoms with van der Waals surface area (Å²) in [5, 5.41) is 0. The van der Waals surface area contributed by atoms with Crippen LogP contribution in [0.3, 0.4) is 0 Å². The van der Waals surface area contributed by atoms with Crippen LogP contribution in [0, 0.1) is 0 Å². The summed E-state index contributed by atoms with van der Waals surface area (Å²) in [6, 6.07) is 22.9. The number of hydrogen-bond donors (Lipinski definition) is 0. The van der Waals surface area contributed by atoms with Gasteiger partial charge in [0.1, 0.15) is 0 Å². The third-order valence-electron chi connectivity index (χ3n) is 5.61. The summed E-state index contributed by atoms with van der Waals surface area (Å²) in [6.45, 7) is 0. The van der Waals surface area contributed by atoms with Crippen molar-refractivity contribution in [3.63, 3.8) is 0 Å². The molecule has 3 aromatic carbocycles. The van der Waals surface area contributed by atoms with Gasteiger partial charge in [0, 0.05) is 0 Å². The van der Waals surface area contributed by atoms with Crippen molar-refractivity contribution in [1.29, 1.82) is 0 Å². The maximum absolute atomic E-state index is 2.39. The van der Waals surface area contributed by atoms with Crippen LogP contribution in [0.4, 0.5) is 0 Å². The first-order valence-electron chi connectivity index (χ1n) is 9.53. The highest BCUT2D eigenvalue weighted by Crippen LogP contribution is 2.25. The Morgan fingerprint density at radius 1 is 0.462 bits per heavy atom. The maximum Gasteiger partial charge on any atom is -0.0221 e. The van der Waals surface area contributed by atoms with Crippen LogP contribution < -0.4 is 0 Å². The molecular weight excluding hydrogens is 312 g/mol. The van der Waals surface area contributed by atoms with E-state index in [1.165, 1.54) is 44.5 Å². The molecule has 126 valence electrons. The molecule has 0 atom stereocenters. The van der Waals surface area contributed by atoms with Crippen LogP contribution in [0.25, 0.3) is 24.3 Å². The van der Waals surface area contributed by atoms with Gasteiger partial charge in [-0.05, 0) is 76.3 Å². The van der Waals surface area contributed by atoms with Crippen molar-refractivity contribution in [3.05, 3.63) is 105 Å². The summed E-state index contributed by atoms with van der Waals surface area (Å²) < 4.78 is 0. The van der Waals surface area contributed by atoms with E-state index in [1.54, 1.807) is 0 Å². The molecule has 5 aliphatic rings. The molecule has 0 N–H and O–H groups in total. The molecule has 0 saturated carbocycles. The van der Waals surface area contributed by atoms with Crippen molar-refractivity contribution in [3.8, 4) is 0 Å². The first-order chi connectivity index (χ1) is 12.8. The Balaban J connectivity index is 1.76. The minimum Gasteiger partial charge on any atom is -0.0611 e. The second kappa shape index (κ2) is 6.46. The third kappa shape index (κ3) is 3.04. The molecule has 5 aliphatic carbocycles. The van der Waals surface area contributed by atoms with Crippen molar-refractivity contribution in [2.75, 3.05) is 0 Å². The van der Waals surface area contributed by atoms with Gasteiger partial charge in [0.05, 0.1) is 0 Å². The average molecular weight is 334 g/mol. The molecule has 3 aromatic rings. The monoisotopic (exact) mass is 334 g/mol. The Morgan fingerprint density at radius 3 is 1.54 bits per heavy atom. The molecule has 0 aliphatic heterocycles. The molecular formula is C26H22. The zero-order chi connectivity index (χ0) is 17.3. The van der Waals surface area contributed by atoms with E-state index in [4.69, 9.17) is 0 Å². The lowest BCUT2D eigenvalue weighted by Crippen LogP contribution is -2.02. The molecule has 0 radical (unpaired) electrons. The summed E-state index contributed by atoms with van der Waals surface area (Å²) in [7, 11) is 0. The second-order valence-corrected chi connectivity index (χ2v) is 7.40. The zero-order valence-corrected chi connectivity index (χ0v) is 14.9. The van der Waals surface area contributed by atoms with Gasteiger partial charge in [-0.3, -0.25) is 0 Å². The Bertz CT molecular complexity index is 953. The van der Waals surface area contributed by atoms with E-state index in [1.807, 2.05) is 0 Å². The van der Waals surface area contributed by atoms with Crippen molar-refractivity contribution < 1.29 is 0 Å². The standard InChI is InChI=1S/C26H22/c1-2-19-8-12-25-17-21-4-5-22-7-11-24(15-14-23(25)10-6-21)26(18-22)13-9-20(3-1)16-19/h1-3,6-13,16-18H,4-5,14-15H2/b12-8-,13-9?. The van der Waals surface area contributed by atoms with Crippen molar-refractivity contribution >= 4 is 24.3 Å². The van der Waals surface area contributed by atoms with Gasteiger partial charge in [-0.25, -0.2) is 0 Å². The number of aryl methyl sites for hydroxylation is 4. The molecule has 0 amide bonds. The van der Waals surface area contributed by atoms with Crippen LogP contribution in [0.5, 0.6) is 0 Å². The lowest BCUT2D eigenvalue weighted by Gasteiger charge is -2.14. The van der Waals surface area contributed by atoms with E-state index >= 15 is 0 Å². The fourth-order valence-corrected chi connectivity index (χ4v) is 4.06. The Morgan fingerprint density at radius 2 is 1.00 bits per heavy atom. The van der Waals surface area contributed by atoms with Crippen molar-refractivity contribution in [2.45, 2.75) is 25.7 Å². The molecule has 0 saturated heterocycles. The number of rotatable bonds is 0. The van der Waals surface area contributed by atoms with Gasteiger partial charge in [-0.1, -0.05) is 78.9 Å². The summed E-state index contributed by atoms with van der Waals surface area (Å²) in [4.78, 5) is 0. The van der Waals surface area contributed by atoms with Gasteiger partial charge in [0.2, 0.25) is 0 Å². The molecule has 0 unspecified atom stereocenters. The highest BCUT2D eigenvalue weighted by atomic mass is 14.1. The van der Waals surface area contributed by atoms with E-state index in [0.29, 0.717) is 0 Å². The van der Waals surface area contributed by atoms with E-state index < -0.39 is 0 Å². The highest BCUT2D eigenvalue weighted by molar-refractivity contribution is 5.76. The Kier molecular flexibility index (Phi) is 3.83. The molecule has 8 rings (SSSR count). The summed E-state index contributed by atoms with van der Waals surface area (Å²) >= 11 is 0. The SMILES string of the molecule is C1=Cc2cc3ccc2CCc2ccc(cc2/C=C\c2cccc1c2)CC3. The van der Waals surface area contributed by atoms with Gasteiger partial charge in [-0.15, -0.1) is 0 Å². The Hall–Kier alpha value is -2.86. The second-order valence-electron chi connectivity index (χ2n) is 7.40. The minimum absolute atomic E-state index is 1.08.